The summed E-state index contributed by atoms with van der Waals surface area (Å²) in [4.78, 5) is 14.6. The highest BCUT2D eigenvalue weighted by molar-refractivity contribution is 8.00. The van der Waals surface area contributed by atoms with Crippen LogP contribution in [0.5, 0.6) is 0 Å². The molecule has 0 radical (unpaired) electrons. The van der Waals surface area contributed by atoms with Gasteiger partial charge >= 0.3 is 6.03 Å². The zero-order chi connectivity index (χ0) is 15.4. The summed E-state index contributed by atoms with van der Waals surface area (Å²) in [5.74, 6) is 2.63. The van der Waals surface area contributed by atoms with Gasteiger partial charge in [-0.1, -0.05) is 19.8 Å². The first-order valence-corrected chi connectivity index (χ1v) is 9.95. The van der Waals surface area contributed by atoms with Crippen LogP contribution < -0.4 is 5.32 Å². The summed E-state index contributed by atoms with van der Waals surface area (Å²) >= 11 is 1.99. The summed E-state index contributed by atoms with van der Waals surface area (Å²) in [7, 11) is 0. The summed E-state index contributed by atoms with van der Waals surface area (Å²) in [6, 6.07) is 0.164. The molecule has 1 N–H and O–H groups in total. The Bertz CT molecular complexity index is 365. The van der Waals surface area contributed by atoms with E-state index in [9.17, 15) is 4.79 Å². The van der Waals surface area contributed by atoms with Crippen molar-refractivity contribution in [2.45, 2.75) is 50.2 Å². The normalized spacial score (nSPS) is 30.9. The number of thioether (sulfide) groups is 1. The van der Waals surface area contributed by atoms with Gasteiger partial charge < -0.3 is 15.0 Å². The lowest BCUT2D eigenvalue weighted by molar-refractivity contribution is 0.0772. The maximum atomic E-state index is 12.6. The lowest BCUT2D eigenvalue weighted by Gasteiger charge is -2.37. The molecular weight excluding hydrogens is 296 g/mol. The van der Waals surface area contributed by atoms with Crippen LogP contribution in [0.15, 0.2) is 0 Å². The van der Waals surface area contributed by atoms with Gasteiger partial charge in [0.05, 0.1) is 0 Å². The van der Waals surface area contributed by atoms with Gasteiger partial charge in [-0.3, -0.25) is 0 Å². The summed E-state index contributed by atoms with van der Waals surface area (Å²) in [6.45, 7) is 6.61. The lowest BCUT2D eigenvalue weighted by Crippen LogP contribution is -2.48. The summed E-state index contributed by atoms with van der Waals surface area (Å²) in [5.41, 5.74) is 0. The molecular formula is C17H30N2O2S. The largest absolute Gasteiger partial charge is 0.381 e. The smallest absolute Gasteiger partial charge is 0.317 e. The van der Waals surface area contributed by atoms with Crippen LogP contribution in [-0.2, 0) is 4.74 Å². The van der Waals surface area contributed by atoms with Gasteiger partial charge in [-0.15, -0.1) is 0 Å². The monoisotopic (exact) mass is 326 g/mol. The fourth-order valence-corrected chi connectivity index (χ4v) is 5.58. The van der Waals surface area contributed by atoms with Gasteiger partial charge in [-0.25, -0.2) is 4.79 Å². The highest BCUT2D eigenvalue weighted by Gasteiger charge is 2.38. The molecule has 4 nitrogen and oxygen atoms in total. The van der Waals surface area contributed by atoms with Gasteiger partial charge in [0.15, 0.2) is 0 Å². The molecule has 2 unspecified atom stereocenters. The predicted octanol–water partition coefficient (Wildman–Crippen LogP) is 3.12. The van der Waals surface area contributed by atoms with E-state index in [4.69, 9.17) is 4.74 Å². The zero-order valence-corrected chi connectivity index (χ0v) is 14.6. The fourth-order valence-electron chi connectivity index (χ4n) is 4.34. The van der Waals surface area contributed by atoms with E-state index in [1.807, 2.05) is 11.8 Å². The Kier molecular flexibility index (Phi) is 5.55. The highest BCUT2D eigenvalue weighted by Crippen LogP contribution is 2.37. The molecule has 0 bridgehead atoms. The second kappa shape index (κ2) is 7.43. The molecule has 0 aromatic carbocycles. The van der Waals surface area contributed by atoms with Crippen molar-refractivity contribution in [1.29, 1.82) is 0 Å². The van der Waals surface area contributed by atoms with Crippen LogP contribution in [0.25, 0.3) is 0 Å². The molecule has 2 amide bonds. The Morgan fingerprint density at radius 3 is 2.45 bits per heavy atom. The molecule has 0 aromatic heterocycles. The fraction of sp³-hybridized carbons (Fsp3) is 0.941. The van der Waals surface area contributed by atoms with Crippen LogP contribution in [0.1, 0.15) is 45.4 Å². The van der Waals surface area contributed by atoms with Crippen LogP contribution in [0.3, 0.4) is 0 Å². The van der Waals surface area contributed by atoms with Gasteiger partial charge in [-0.05, 0) is 43.3 Å². The van der Waals surface area contributed by atoms with Crippen LogP contribution in [0, 0.1) is 11.8 Å². The minimum Gasteiger partial charge on any atom is -0.381 e. The molecule has 3 aliphatic rings. The average Bonchev–Trinajstić information content (AvgIpc) is 2.98. The Hall–Kier alpha value is -0.420. The number of amides is 2. The number of carbonyl (C=O) groups excluding carboxylic acids is 1. The molecule has 5 heteroatoms. The maximum absolute atomic E-state index is 12.6. The van der Waals surface area contributed by atoms with Crippen molar-refractivity contribution in [3.8, 4) is 0 Å². The number of rotatable bonds is 4. The number of hydrogen-bond acceptors (Lipinski definition) is 3. The molecule has 0 aromatic rings. The minimum absolute atomic E-state index is 0.164. The Morgan fingerprint density at radius 2 is 1.86 bits per heavy atom. The van der Waals surface area contributed by atoms with Crippen LogP contribution in [0.4, 0.5) is 4.79 Å². The summed E-state index contributed by atoms with van der Waals surface area (Å²) in [6.07, 6.45) is 7.46. The van der Waals surface area contributed by atoms with Crippen molar-refractivity contribution in [2.75, 3.05) is 38.6 Å². The molecule has 2 heterocycles. The topological polar surface area (TPSA) is 41.6 Å². The van der Waals surface area contributed by atoms with Crippen molar-refractivity contribution in [3.63, 3.8) is 0 Å². The third-order valence-electron chi connectivity index (χ3n) is 5.68. The third-order valence-corrected chi connectivity index (χ3v) is 7.13. The molecule has 22 heavy (non-hydrogen) atoms. The maximum Gasteiger partial charge on any atom is 0.317 e. The number of ether oxygens (including phenoxy) is 1. The summed E-state index contributed by atoms with van der Waals surface area (Å²) < 4.78 is 5.70. The first-order chi connectivity index (χ1) is 10.7. The first kappa shape index (κ1) is 16.4. The number of fused-ring (bicyclic) bond motifs is 1. The summed E-state index contributed by atoms with van der Waals surface area (Å²) in [5, 5.41) is 3.24. The zero-order valence-electron chi connectivity index (χ0n) is 13.8. The van der Waals surface area contributed by atoms with E-state index in [-0.39, 0.29) is 10.8 Å². The third kappa shape index (κ3) is 3.73. The molecule has 3 rings (SSSR count). The van der Waals surface area contributed by atoms with Crippen LogP contribution >= 0.6 is 11.8 Å². The second-order valence-corrected chi connectivity index (χ2v) is 8.83. The SMILES string of the molecule is CCSC1(CNC(=O)N2CC3CCCCC3C2)CCOCC1. The predicted molar refractivity (Wildman–Crippen MR) is 91.3 cm³/mol. The Labute approximate surface area is 138 Å². The number of hydrogen-bond donors (Lipinski definition) is 1. The Morgan fingerprint density at radius 1 is 1.23 bits per heavy atom. The minimum atomic E-state index is 0.164. The van der Waals surface area contributed by atoms with Gasteiger partial charge in [-0.2, -0.15) is 11.8 Å². The quantitative estimate of drug-likeness (QED) is 0.863. The van der Waals surface area contributed by atoms with Crippen molar-refractivity contribution >= 4 is 17.8 Å². The number of carbonyl (C=O) groups is 1. The number of urea groups is 1. The van der Waals surface area contributed by atoms with Crippen LogP contribution in [0.2, 0.25) is 0 Å². The average molecular weight is 327 g/mol. The van der Waals surface area contributed by atoms with Crippen molar-refractivity contribution in [3.05, 3.63) is 0 Å². The second-order valence-electron chi connectivity index (χ2n) is 7.10. The van der Waals surface area contributed by atoms with Gasteiger partial charge in [0.2, 0.25) is 0 Å². The van der Waals surface area contributed by atoms with E-state index in [1.165, 1.54) is 25.7 Å². The van der Waals surface area contributed by atoms with Crippen molar-refractivity contribution in [2.24, 2.45) is 11.8 Å². The molecule has 1 aliphatic carbocycles. The first-order valence-electron chi connectivity index (χ1n) is 8.97. The lowest BCUT2D eigenvalue weighted by atomic mass is 9.82. The van der Waals surface area contributed by atoms with Gasteiger partial charge in [0.1, 0.15) is 0 Å². The van der Waals surface area contributed by atoms with Crippen molar-refractivity contribution in [1.82, 2.24) is 10.2 Å². The van der Waals surface area contributed by atoms with Crippen molar-refractivity contribution < 1.29 is 9.53 Å². The van der Waals surface area contributed by atoms with Gasteiger partial charge in [0.25, 0.3) is 0 Å². The van der Waals surface area contributed by atoms with E-state index < -0.39 is 0 Å². The van der Waals surface area contributed by atoms with Crippen LogP contribution in [-0.4, -0.2) is 54.3 Å². The number of likely N-dealkylation sites (tertiary alicyclic amines) is 1. The molecule has 2 aliphatic heterocycles. The molecule has 3 fully saturated rings. The molecule has 2 atom stereocenters. The molecule has 1 saturated carbocycles. The van der Waals surface area contributed by atoms with E-state index in [0.29, 0.717) is 0 Å². The van der Waals surface area contributed by atoms with E-state index in [2.05, 4.69) is 17.1 Å². The van der Waals surface area contributed by atoms with E-state index in [0.717, 1.165) is 63.3 Å². The highest BCUT2D eigenvalue weighted by atomic mass is 32.2. The van der Waals surface area contributed by atoms with Gasteiger partial charge in [0, 0.05) is 37.6 Å². The van der Waals surface area contributed by atoms with E-state index >= 15 is 0 Å². The number of nitrogens with one attached hydrogen (secondary N) is 1. The molecule has 2 saturated heterocycles. The Balaban J connectivity index is 1.50. The number of nitrogens with zero attached hydrogens (tertiary/aromatic N) is 1. The molecule has 0 spiro atoms. The van der Waals surface area contributed by atoms with E-state index in [1.54, 1.807) is 0 Å². The molecule has 126 valence electrons. The standard InChI is InChI=1S/C17H30N2O2S/c1-2-22-17(7-9-21-10-8-17)13-18-16(20)19-11-14-5-3-4-6-15(14)12-19/h14-15H,2-13H2,1H3,(H,18,20).